The van der Waals surface area contributed by atoms with Gasteiger partial charge in [-0.1, -0.05) is 24.3 Å². The molecule has 5 heteroatoms. The summed E-state index contributed by atoms with van der Waals surface area (Å²) >= 11 is 0. The summed E-state index contributed by atoms with van der Waals surface area (Å²) in [5.74, 6) is 1.92. The second-order valence-electron chi connectivity index (χ2n) is 5.72. The second-order valence-corrected chi connectivity index (χ2v) is 5.72. The van der Waals surface area contributed by atoms with E-state index in [-0.39, 0.29) is 5.91 Å². The van der Waals surface area contributed by atoms with Crippen molar-refractivity contribution in [1.29, 1.82) is 0 Å². The molecular weight excluding hydrogens is 330 g/mol. The van der Waals surface area contributed by atoms with E-state index in [2.05, 4.69) is 5.32 Å². The maximum atomic E-state index is 12.6. The van der Waals surface area contributed by atoms with Crippen LogP contribution in [0.5, 0.6) is 11.5 Å². The monoisotopic (exact) mass is 351 g/mol. The van der Waals surface area contributed by atoms with Crippen LogP contribution in [0.15, 0.2) is 65.3 Å². The third-order valence-electron chi connectivity index (χ3n) is 4.11. The summed E-state index contributed by atoms with van der Waals surface area (Å²) in [6.45, 7) is 0.515. The van der Waals surface area contributed by atoms with Gasteiger partial charge in [-0.15, -0.1) is 0 Å². The normalized spacial score (nSPS) is 10.4. The Morgan fingerprint density at radius 2 is 1.81 bits per heavy atom. The SMILES string of the molecule is COc1ccc(CCNC(=O)c2ccccc2-c2ccco2)cc1OC. The Morgan fingerprint density at radius 3 is 2.54 bits per heavy atom. The maximum absolute atomic E-state index is 12.6. The molecule has 1 aromatic heterocycles. The molecule has 1 N–H and O–H groups in total. The van der Waals surface area contributed by atoms with Gasteiger partial charge in [0.1, 0.15) is 5.76 Å². The molecule has 3 rings (SSSR count). The van der Waals surface area contributed by atoms with Crippen molar-refractivity contribution in [2.24, 2.45) is 0 Å². The van der Waals surface area contributed by atoms with Crippen LogP contribution in [0, 0.1) is 0 Å². The lowest BCUT2D eigenvalue weighted by Gasteiger charge is -2.11. The number of ether oxygens (including phenoxy) is 2. The fourth-order valence-corrected chi connectivity index (χ4v) is 2.78. The molecule has 5 nitrogen and oxygen atoms in total. The predicted octanol–water partition coefficient (Wildman–Crippen LogP) is 3.94. The lowest BCUT2D eigenvalue weighted by atomic mass is 10.0. The number of methoxy groups -OCH3 is 2. The Hall–Kier alpha value is -3.21. The van der Waals surface area contributed by atoms with Crippen molar-refractivity contribution in [1.82, 2.24) is 5.32 Å². The van der Waals surface area contributed by atoms with Crippen LogP contribution in [-0.2, 0) is 6.42 Å². The summed E-state index contributed by atoms with van der Waals surface area (Å²) < 4.78 is 16.0. The first-order valence-electron chi connectivity index (χ1n) is 8.35. The summed E-state index contributed by atoms with van der Waals surface area (Å²) in [5, 5.41) is 2.96. The van der Waals surface area contributed by atoms with Crippen LogP contribution in [0.2, 0.25) is 0 Å². The average Bonchev–Trinajstić information content (AvgIpc) is 3.22. The van der Waals surface area contributed by atoms with E-state index in [0.29, 0.717) is 35.8 Å². The third kappa shape index (κ3) is 3.88. The Labute approximate surface area is 152 Å². The van der Waals surface area contributed by atoms with Crippen molar-refractivity contribution in [3.05, 3.63) is 72.0 Å². The Morgan fingerprint density at radius 1 is 1.00 bits per heavy atom. The summed E-state index contributed by atoms with van der Waals surface area (Å²) in [6, 6.07) is 16.8. The molecule has 3 aromatic rings. The third-order valence-corrected chi connectivity index (χ3v) is 4.11. The molecule has 1 heterocycles. The van der Waals surface area contributed by atoms with Gasteiger partial charge in [-0.25, -0.2) is 0 Å². The summed E-state index contributed by atoms with van der Waals surface area (Å²) in [4.78, 5) is 12.6. The van der Waals surface area contributed by atoms with Crippen molar-refractivity contribution in [3.63, 3.8) is 0 Å². The molecule has 0 aliphatic heterocycles. The molecule has 0 saturated carbocycles. The molecule has 2 aromatic carbocycles. The number of carbonyl (C=O) groups is 1. The fraction of sp³-hybridized carbons (Fsp3) is 0.190. The van der Waals surface area contributed by atoms with Gasteiger partial charge < -0.3 is 19.2 Å². The van der Waals surface area contributed by atoms with Crippen LogP contribution >= 0.6 is 0 Å². The van der Waals surface area contributed by atoms with E-state index in [1.807, 2.05) is 42.5 Å². The number of amides is 1. The number of hydrogen-bond acceptors (Lipinski definition) is 4. The minimum Gasteiger partial charge on any atom is -0.493 e. The molecule has 134 valence electrons. The zero-order valence-electron chi connectivity index (χ0n) is 14.8. The van der Waals surface area contributed by atoms with Crippen molar-refractivity contribution in [3.8, 4) is 22.8 Å². The summed E-state index contributed by atoms with van der Waals surface area (Å²) in [7, 11) is 3.21. The fourth-order valence-electron chi connectivity index (χ4n) is 2.78. The second kappa shape index (κ2) is 8.25. The lowest BCUT2D eigenvalue weighted by molar-refractivity contribution is 0.0954. The van der Waals surface area contributed by atoms with E-state index in [4.69, 9.17) is 13.9 Å². The molecule has 0 spiro atoms. The number of rotatable bonds is 7. The van der Waals surface area contributed by atoms with Gasteiger partial charge in [0.25, 0.3) is 5.91 Å². The van der Waals surface area contributed by atoms with Crippen molar-refractivity contribution in [2.75, 3.05) is 20.8 Å². The molecule has 0 unspecified atom stereocenters. The first kappa shape index (κ1) is 17.6. The van der Waals surface area contributed by atoms with Crippen molar-refractivity contribution < 1.29 is 18.7 Å². The van der Waals surface area contributed by atoms with E-state index in [1.165, 1.54) is 0 Å². The first-order valence-corrected chi connectivity index (χ1v) is 8.35. The molecular formula is C21H21NO4. The average molecular weight is 351 g/mol. The smallest absolute Gasteiger partial charge is 0.252 e. The van der Waals surface area contributed by atoms with E-state index in [9.17, 15) is 4.79 Å². The highest BCUT2D eigenvalue weighted by Gasteiger charge is 2.13. The number of furan rings is 1. The lowest BCUT2D eigenvalue weighted by Crippen LogP contribution is -2.26. The molecule has 0 atom stereocenters. The molecule has 1 amide bonds. The number of benzene rings is 2. The van der Waals surface area contributed by atoms with Gasteiger partial charge in [-0.05, 0) is 42.3 Å². The Bertz CT molecular complexity index is 871. The van der Waals surface area contributed by atoms with Crippen LogP contribution in [-0.4, -0.2) is 26.7 Å². The van der Waals surface area contributed by atoms with Gasteiger partial charge in [0.05, 0.1) is 26.0 Å². The summed E-state index contributed by atoms with van der Waals surface area (Å²) in [6.07, 6.45) is 2.29. The zero-order chi connectivity index (χ0) is 18.4. The predicted molar refractivity (Wildman–Crippen MR) is 99.7 cm³/mol. The van der Waals surface area contributed by atoms with Gasteiger partial charge in [-0.3, -0.25) is 4.79 Å². The largest absolute Gasteiger partial charge is 0.493 e. The number of carbonyl (C=O) groups excluding carboxylic acids is 1. The van der Waals surface area contributed by atoms with Crippen molar-refractivity contribution in [2.45, 2.75) is 6.42 Å². The van der Waals surface area contributed by atoms with E-state index in [1.54, 1.807) is 32.6 Å². The minimum atomic E-state index is -0.127. The zero-order valence-corrected chi connectivity index (χ0v) is 14.8. The van der Waals surface area contributed by atoms with Gasteiger partial charge in [0.2, 0.25) is 0 Å². The van der Waals surface area contributed by atoms with E-state index in [0.717, 1.165) is 11.1 Å². The van der Waals surface area contributed by atoms with Crippen LogP contribution in [0.1, 0.15) is 15.9 Å². The quantitative estimate of drug-likeness (QED) is 0.700. The van der Waals surface area contributed by atoms with E-state index < -0.39 is 0 Å². The molecule has 0 aliphatic rings. The molecule has 0 radical (unpaired) electrons. The Kier molecular flexibility index (Phi) is 5.59. The number of nitrogens with one attached hydrogen (secondary N) is 1. The van der Waals surface area contributed by atoms with Crippen LogP contribution in [0.4, 0.5) is 0 Å². The molecule has 0 fully saturated rings. The summed E-state index contributed by atoms with van der Waals surface area (Å²) in [5.41, 5.74) is 2.43. The van der Waals surface area contributed by atoms with Crippen LogP contribution in [0.25, 0.3) is 11.3 Å². The maximum Gasteiger partial charge on any atom is 0.252 e. The highest BCUT2D eigenvalue weighted by molar-refractivity contribution is 6.00. The van der Waals surface area contributed by atoms with Crippen molar-refractivity contribution >= 4 is 5.91 Å². The van der Waals surface area contributed by atoms with Gasteiger partial charge >= 0.3 is 0 Å². The van der Waals surface area contributed by atoms with Gasteiger partial charge in [-0.2, -0.15) is 0 Å². The highest BCUT2D eigenvalue weighted by atomic mass is 16.5. The standard InChI is InChI=1S/C21H21NO4/c1-24-19-10-9-15(14-20(19)25-2)11-12-22-21(23)17-7-4-3-6-16(17)18-8-5-13-26-18/h3-10,13-14H,11-12H2,1-2H3,(H,22,23). The topological polar surface area (TPSA) is 60.7 Å². The van der Waals surface area contributed by atoms with Gasteiger partial charge in [0.15, 0.2) is 11.5 Å². The Balaban J connectivity index is 1.65. The molecule has 26 heavy (non-hydrogen) atoms. The van der Waals surface area contributed by atoms with Crippen LogP contribution in [0.3, 0.4) is 0 Å². The molecule has 0 bridgehead atoms. The molecule has 0 saturated heterocycles. The van der Waals surface area contributed by atoms with Crippen LogP contribution < -0.4 is 14.8 Å². The number of hydrogen-bond donors (Lipinski definition) is 1. The molecule has 0 aliphatic carbocycles. The first-order chi connectivity index (χ1) is 12.7. The minimum absolute atomic E-state index is 0.127. The van der Waals surface area contributed by atoms with Gasteiger partial charge in [0, 0.05) is 12.1 Å². The highest BCUT2D eigenvalue weighted by Crippen LogP contribution is 2.27. The van der Waals surface area contributed by atoms with E-state index >= 15 is 0 Å².